The second-order valence-corrected chi connectivity index (χ2v) is 6.72. The molecule has 0 saturated carbocycles. The van der Waals surface area contributed by atoms with Crippen LogP contribution in [0, 0.1) is 0 Å². The van der Waals surface area contributed by atoms with Crippen LogP contribution in [0.25, 0.3) is 0 Å². The van der Waals surface area contributed by atoms with Crippen LogP contribution >= 0.6 is 23.2 Å². The summed E-state index contributed by atoms with van der Waals surface area (Å²) in [6.45, 7) is 0.570. The van der Waals surface area contributed by atoms with Crippen LogP contribution in [-0.4, -0.2) is 34.3 Å². The minimum absolute atomic E-state index is 0.0116. The van der Waals surface area contributed by atoms with Crippen molar-refractivity contribution in [2.45, 2.75) is 25.1 Å². The van der Waals surface area contributed by atoms with E-state index in [1.807, 2.05) is 0 Å². The molecule has 26 heavy (non-hydrogen) atoms. The fourth-order valence-corrected chi connectivity index (χ4v) is 2.95. The Kier molecular flexibility index (Phi) is 5.45. The molecule has 2 aromatic rings. The number of aliphatic hydroxyl groups excluding tert-OH is 1. The highest BCUT2D eigenvalue weighted by molar-refractivity contribution is 6.42. The first-order valence-electron chi connectivity index (χ1n) is 7.83. The predicted octanol–water partition coefficient (Wildman–Crippen LogP) is 4.51. The minimum Gasteiger partial charge on any atom is -0.393 e. The highest BCUT2D eigenvalue weighted by Gasteiger charge is 2.37. The van der Waals surface area contributed by atoms with E-state index < -0.39 is 17.8 Å². The van der Waals surface area contributed by atoms with E-state index in [1.165, 1.54) is 11.0 Å². The van der Waals surface area contributed by atoms with Crippen molar-refractivity contribution in [1.82, 2.24) is 9.97 Å². The Morgan fingerprint density at radius 2 is 1.85 bits per heavy atom. The summed E-state index contributed by atoms with van der Waals surface area (Å²) in [6, 6.07) is 4.71. The van der Waals surface area contributed by atoms with Crippen molar-refractivity contribution < 1.29 is 18.3 Å². The van der Waals surface area contributed by atoms with Gasteiger partial charge in [-0.25, -0.2) is 4.98 Å². The molecular formula is C16H15Cl2F3N4O. The van der Waals surface area contributed by atoms with Gasteiger partial charge in [0.05, 0.1) is 16.1 Å². The van der Waals surface area contributed by atoms with Gasteiger partial charge >= 0.3 is 6.18 Å². The molecule has 0 unspecified atom stereocenters. The first-order valence-corrected chi connectivity index (χ1v) is 8.59. The number of piperidine rings is 1. The quantitative estimate of drug-likeness (QED) is 0.785. The summed E-state index contributed by atoms with van der Waals surface area (Å²) >= 11 is 11.8. The van der Waals surface area contributed by atoms with Crippen LogP contribution < -0.4 is 10.2 Å². The zero-order valence-electron chi connectivity index (χ0n) is 13.4. The Morgan fingerprint density at radius 1 is 1.15 bits per heavy atom. The number of hydrogen-bond acceptors (Lipinski definition) is 5. The first kappa shape index (κ1) is 19.0. The van der Waals surface area contributed by atoms with Crippen molar-refractivity contribution in [3.05, 3.63) is 40.0 Å². The average Bonchev–Trinajstić information content (AvgIpc) is 2.58. The van der Waals surface area contributed by atoms with Crippen molar-refractivity contribution >= 4 is 40.7 Å². The SMILES string of the molecule is OC1CCN(c2nc(Nc3ccc(Cl)c(Cl)c3)ncc2C(F)(F)F)CC1. The molecule has 1 aliphatic heterocycles. The molecule has 1 fully saturated rings. The molecule has 0 aliphatic carbocycles. The molecule has 3 rings (SSSR count). The van der Waals surface area contributed by atoms with Gasteiger partial charge in [-0.1, -0.05) is 23.2 Å². The molecule has 10 heteroatoms. The van der Waals surface area contributed by atoms with Gasteiger partial charge in [0.25, 0.3) is 0 Å². The van der Waals surface area contributed by atoms with E-state index in [1.54, 1.807) is 12.1 Å². The third kappa shape index (κ3) is 4.31. The van der Waals surface area contributed by atoms with Gasteiger partial charge < -0.3 is 15.3 Å². The molecule has 0 spiro atoms. The Hall–Kier alpha value is -1.77. The molecule has 0 amide bonds. The molecule has 1 saturated heterocycles. The smallest absolute Gasteiger partial charge is 0.393 e. The molecule has 1 aromatic heterocycles. The van der Waals surface area contributed by atoms with Crippen LogP contribution in [0.2, 0.25) is 10.0 Å². The fraction of sp³-hybridized carbons (Fsp3) is 0.375. The molecule has 1 aromatic carbocycles. The standard InChI is InChI=1S/C16H15Cl2F3N4O/c17-12-2-1-9(7-13(12)18)23-15-22-8-11(16(19,20)21)14(24-15)25-5-3-10(26)4-6-25/h1-2,7-8,10,26H,3-6H2,(H,22,23,24). The first-order chi connectivity index (χ1) is 12.2. The zero-order chi connectivity index (χ0) is 18.9. The summed E-state index contributed by atoms with van der Waals surface area (Å²) in [6.07, 6.45) is -3.55. The van der Waals surface area contributed by atoms with E-state index >= 15 is 0 Å². The monoisotopic (exact) mass is 406 g/mol. The molecule has 0 atom stereocenters. The lowest BCUT2D eigenvalue weighted by Gasteiger charge is -2.32. The minimum atomic E-state index is -4.58. The molecule has 0 radical (unpaired) electrons. The van der Waals surface area contributed by atoms with E-state index in [0.29, 0.717) is 28.6 Å². The van der Waals surface area contributed by atoms with Gasteiger partial charge in [-0.2, -0.15) is 18.2 Å². The zero-order valence-corrected chi connectivity index (χ0v) is 14.9. The number of alkyl halides is 3. The summed E-state index contributed by atoms with van der Waals surface area (Å²) in [5.41, 5.74) is -0.409. The molecule has 140 valence electrons. The third-order valence-electron chi connectivity index (χ3n) is 4.01. The maximum absolute atomic E-state index is 13.3. The maximum Gasteiger partial charge on any atom is 0.421 e. The van der Waals surface area contributed by atoms with Gasteiger partial charge in [-0.05, 0) is 31.0 Å². The van der Waals surface area contributed by atoms with Crippen molar-refractivity contribution in [1.29, 1.82) is 0 Å². The number of halogens is 5. The van der Waals surface area contributed by atoms with Crippen LogP contribution in [0.5, 0.6) is 0 Å². The highest BCUT2D eigenvalue weighted by Crippen LogP contribution is 2.37. The van der Waals surface area contributed by atoms with E-state index in [9.17, 15) is 18.3 Å². The van der Waals surface area contributed by atoms with E-state index in [4.69, 9.17) is 23.2 Å². The van der Waals surface area contributed by atoms with Gasteiger partial charge in [0.2, 0.25) is 5.95 Å². The van der Waals surface area contributed by atoms with Gasteiger partial charge in [0, 0.05) is 25.0 Å². The lowest BCUT2D eigenvalue weighted by atomic mass is 10.1. The molecule has 1 aliphatic rings. The van der Waals surface area contributed by atoms with Crippen molar-refractivity contribution in [3.8, 4) is 0 Å². The number of nitrogens with zero attached hydrogens (tertiary/aromatic N) is 3. The summed E-state index contributed by atoms with van der Waals surface area (Å²) in [5.74, 6) is -0.195. The normalized spacial score (nSPS) is 16.0. The lowest BCUT2D eigenvalue weighted by molar-refractivity contribution is -0.137. The summed E-state index contributed by atoms with van der Waals surface area (Å²) in [7, 11) is 0. The summed E-state index contributed by atoms with van der Waals surface area (Å²) < 4.78 is 40.0. The Labute approximate surface area is 157 Å². The van der Waals surface area contributed by atoms with E-state index in [-0.39, 0.29) is 24.9 Å². The number of benzene rings is 1. The largest absolute Gasteiger partial charge is 0.421 e. The molecule has 0 bridgehead atoms. The molecule has 2 heterocycles. The van der Waals surface area contributed by atoms with Crippen LogP contribution in [0.15, 0.2) is 24.4 Å². The maximum atomic E-state index is 13.3. The van der Waals surface area contributed by atoms with Crippen LogP contribution in [-0.2, 0) is 6.18 Å². The van der Waals surface area contributed by atoms with Crippen LogP contribution in [0.1, 0.15) is 18.4 Å². The number of aromatic nitrogens is 2. The van der Waals surface area contributed by atoms with Crippen molar-refractivity contribution in [2.24, 2.45) is 0 Å². The van der Waals surface area contributed by atoms with Gasteiger partial charge in [-0.3, -0.25) is 0 Å². The fourth-order valence-electron chi connectivity index (χ4n) is 2.65. The predicted molar refractivity (Wildman–Crippen MR) is 94.2 cm³/mol. The molecule has 5 nitrogen and oxygen atoms in total. The van der Waals surface area contributed by atoms with Gasteiger partial charge in [0.15, 0.2) is 0 Å². The number of anilines is 3. The van der Waals surface area contributed by atoms with Crippen LogP contribution in [0.4, 0.5) is 30.6 Å². The summed E-state index contributed by atoms with van der Waals surface area (Å²) in [5, 5.41) is 13.1. The second-order valence-electron chi connectivity index (χ2n) is 5.90. The average molecular weight is 407 g/mol. The van der Waals surface area contributed by atoms with Crippen molar-refractivity contribution in [2.75, 3.05) is 23.3 Å². The number of hydrogen-bond donors (Lipinski definition) is 2. The molecule has 2 N–H and O–H groups in total. The van der Waals surface area contributed by atoms with Crippen molar-refractivity contribution in [3.63, 3.8) is 0 Å². The Morgan fingerprint density at radius 3 is 2.46 bits per heavy atom. The number of nitrogens with one attached hydrogen (secondary N) is 1. The summed E-state index contributed by atoms with van der Waals surface area (Å²) in [4.78, 5) is 9.34. The highest BCUT2D eigenvalue weighted by atomic mass is 35.5. The second kappa shape index (κ2) is 7.46. The number of aliphatic hydroxyl groups is 1. The Bertz CT molecular complexity index is 796. The van der Waals surface area contributed by atoms with E-state index in [2.05, 4.69) is 15.3 Å². The topological polar surface area (TPSA) is 61.3 Å². The van der Waals surface area contributed by atoms with Gasteiger partial charge in [0.1, 0.15) is 11.4 Å². The van der Waals surface area contributed by atoms with Crippen LogP contribution in [0.3, 0.4) is 0 Å². The number of rotatable bonds is 3. The lowest BCUT2D eigenvalue weighted by Crippen LogP contribution is -2.37. The van der Waals surface area contributed by atoms with E-state index in [0.717, 1.165) is 6.20 Å². The third-order valence-corrected chi connectivity index (χ3v) is 4.75. The van der Waals surface area contributed by atoms with Gasteiger partial charge in [-0.15, -0.1) is 0 Å². The molecular weight excluding hydrogens is 392 g/mol. The Balaban J connectivity index is 1.92.